The first-order chi connectivity index (χ1) is 20.7. The molecule has 2 rings (SSSR count). The predicted octanol–water partition coefficient (Wildman–Crippen LogP) is 4.89. The minimum Gasteiger partial charge on any atom is -0.493 e. The third-order valence-corrected chi connectivity index (χ3v) is 6.55. The lowest BCUT2D eigenvalue weighted by Crippen LogP contribution is -2.28. The van der Waals surface area contributed by atoms with E-state index in [4.69, 9.17) is 37.9 Å². The Bertz CT molecular complexity index is 1160. The van der Waals surface area contributed by atoms with Crippen molar-refractivity contribution in [2.75, 3.05) is 76.0 Å². The Kier molecular flexibility index (Phi) is 15.0. The molecule has 11 nitrogen and oxygen atoms in total. The Labute approximate surface area is 254 Å². The quantitative estimate of drug-likeness (QED) is 0.124. The van der Waals surface area contributed by atoms with Crippen LogP contribution in [0.5, 0.6) is 34.5 Å². The standard InChI is InChI=1S/C32H45NO10/c1-22(21-43-32(35)24-18-27(38-5)31(41-8)28(19-24)39-6)20-33(2)14-10-9-11-15-42-29(34)13-12-23-16-25(36-3)30(40-7)26(17-23)37-4/h12-13,16-19,22H,9-11,14-15,20-21H2,1-8H3/b13-12+/t22-/m1/s1. The topological polar surface area (TPSA) is 111 Å². The number of rotatable bonds is 19. The van der Waals surface area contributed by atoms with Crippen LogP contribution in [-0.2, 0) is 14.3 Å². The van der Waals surface area contributed by atoms with E-state index in [0.29, 0.717) is 46.7 Å². The Hall–Kier alpha value is -4.12. The van der Waals surface area contributed by atoms with Crippen LogP contribution in [0.2, 0.25) is 0 Å². The molecule has 0 N–H and O–H groups in total. The van der Waals surface area contributed by atoms with Gasteiger partial charge < -0.3 is 42.8 Å². The summed E-state index contributed by atoms with van der Waals surface area (Å²) in [4.78, 5) is 27.0. The first kappa shape index (κ1) is 35.1. The van der Waals surface area contributed by atoms with Gasteiger partial charge in [0.15, 0.2) is 23.0 Å². The first-order valence-electron chi connectivity index (χ1n) is 14.0. The molecule has 238 valence electrons. The molecule has 2 aromatic carbocycles. The molecule has 43 heavy (non-hydrogen) atoms. The minimum atomic E-state index is -0.457. The van der Waals surface area contributed by atoms with E-state index >= 15 is 0 Å². The summed E-state index contributed by atoms with van der Waals surface area (Å²) in [6, 6.07) is 6.65. The third kappa shape index (κ3) is 10.9. The van der Waals surface area contributed by atoms with Gasteiger partial charge in [0.1, 0.15) is 0 Å². The molecule has 0 heterocycles. The minimum absolute atomic E-state index is 0.134. The molecule has 0 aliphatic carbocycles. The normalized spacial score (nSPS) is 11.7. The predicted molar refractivity (Wildman–Crippen MR) is 163 cm³/mol. The van der Waals surface area contributed by atoms with Gasteiger partial charge >= 0.3 is 11.9 Å². The van der Waals surface area contributed by atoms with E-state index in [9.17, 15) is 9.59 Å². The Morgan fingerprint density at radius 2 is 1.28 bits per heavy atom. The van der Waals surface area contributed by atoms with E-state index in [1.165, 1.54) is 48.7 Å². The van der Waals surface area contributed by atoms with Gasteiger partial charge in [-0.1, -0.05) is 6.92 Å². The molecule has 0 unspecified atom stereocenters. The van der Waals surface area contributed by atoms with Gasteiger partial charge in [-0.2, -0.15) is 0 Å². The fourth-order valence-corrected chi connectivity index (χ4v) is 4.42. The monoisotopic (exact) mass is 603 g/mol. The zero-order valence-corrected chi connectivity index (χ0v) is 26.5. The number of esters is 2. The second kappa shape index (κ2) is 18.4. The van der Waals surface area contributed by atoms with E-state index < -0.39 is 11.9 Å². The average molecular weight is 604 g/mol. The van der Waals surface area contributed by atoms with Crippen LogP contribution in [0, 0.1) is 5.92 Å². The number of hydrogen-bond acceptors (Lipinski definition) is 11. The fraction of sp³-hybridized carbons (Fsp3) is 0.500. The van der Waals surface area contributed by atoms with Gasteiger partial charge in [-0.05, 0) is 68.8 Å². The lowest BCUT2D eigenvalue weighted by atomic mass is 10.1. The van der Waals surface area contributed by atoms with Gasteiger partial charge in [-0.25, -0.2) is 9.59 Å². The maximum atomic E-state index is 12.6. The van der Waals surface area contributed by atoms with Gasteiger partial charge in [-0.3, -0.25) is 0 Å². The summed E-state index contributed by atoms with van der Waals surface area (Å²) in [7, 11) is 11.1. The highest BCUT2D eigenvalue weighted by Gasteiger charge is 2.19. The van der Waals surface area contributed by atoms with Crippen LogP contribution >= 0.6 is 0 Å². The number of ether oxygens (including phenoxy) is 8. The van der Waals surface area contributed by atoms with Crippen molar-refractivity contribution in [3.8, 4) is 34.5 Å². The Balaban J connectivity index is 1.68. The van der Waals surface area contributed by atoms with Crippen molar-refractivity contribution in [2.24, 2.45) is 5.92 Å². The molecule has 0 aromatic heterocycles. The number of methoxy groups -OCH3 is 6. The van der Waals surface area contributed by atoms with E-state index in [2.05, 4.69) is 4.90 Å². The maximum absolute atomic E-state index is 12.6. The van der Waals surface area contributed by atoms with Crippen LogP contribution in [0.4, 0.5) is 0 Å². The lowest BCUT2D eigenvalue weighted by molar-refractivity contribution is -0.137. The molecular formula is C32H45NO10. The third-order valence-electron chi connectivity index (χ3n) is 6.55. The smallest absolute Gasteiger partial charge is 0.338 e. The molecule has 0 aliphatic rings. The second-order valence-corrected chi connectivity index (χ2v) is 9.90. The van der Waals surface area contributed by atoms with Crippen LogP contribution in [-0.4, -0.2) is 92.8 Å². The number of benzene rings is 2. The van der Waals surface area contributed by atoms with E-state index in [0.717, 1.165) is 37.9 Å². The summed E-state index contributed by atoms with van der Waals surface area (Å²) >= 11 is 0. The Morgan fingerprint density at radius 3 is 1.79 bits per heavy atom. The summed E-state index contributed by atoms with van der Waals surface area (Å²) in [6.07, 6.45) is 5.65. The highest BCUT2D eigenvalue weighted by molar-refractivity contribution is 5.91. The first-order valence-corrected chi connectivity index (χ1v) is 14.0. The zero-order chi connectivity index (χ0) is 31.8. The van der Waals surface area contributed by atoms with Gasteiger partial charge in [0.05, 0.1) is 61.4 Å². The van der Waals surface area contributed by atoms with Crippen LogP contribution in [0.25, 0.3) is 6.08 Å². The molecule has 0 radical (unpaired) electrons. The fourth-order valence-electron chi connectivity index (χ4n) is 4.42. The summed E-state index contributed by atoms with van der Waals surface area (Å²) in [5.41, 5.74) is 1.05. The van der Waals surface area contributed by atoms with E-state index in [1.54, 1.807) is 30.3 Å². The molecule has 0 aliphatic heterocycles. The molecule has 0 saturated heterocycles. The van der Waals surface area contributed by atoms with E-state index in [1.807, 2.05) is 14.0 Å². The van der Waals surface area contributed by atoms with Crippen LogP contribution in [0.1, 0.15) is 42.1 Å². The van der Waals surface area contributed by atoms with Gasteiger partial charge in [0.2, 0.25) is 11.5 Å². The van der Waals surface area contributed by atoms with E-state index in [-0.39, 0.29) is 12.5 Å². The number of hydrogen-bond donors (Lipinski definition) is 0. The number of carbonyl (C=O) groups excluding carboxylic acids is 2. The van der Waals surface area contributed by atoms with Gasteiger partial charge in [0, 0.05) is 18.5 Å². The van der Waals surface area contributed by atoms with Crippen molar-refractivity contribution in [3.63, 3.8) is 0 Å². The summed E-state index contributed by atoms with van der Waals surface area (Å²) in [5, 5.41) is 0. The van der Waals surface area contributed by atoms with Crippen LogP contribution < -0.4 is 28.4 Å². The van der Waals surface area contributed by atoms with Crippen molar-refractivity contribution < 1.29 is 47.5 Å². The van der Waals surface area contributed by atoms with Gasteiger partial charge in [0.25, 0.3) is 0 Å². The van der Waals surface area contributed by atoms with Crippen LogP contribution in [0.15, 0.2) is 30.3 Å². The number of nitrogens with zero attached hydrogens (tertiary/aromatic N) is 1. The Morgan fingerprint density at radius 1 is 0.744 bits per heavy atom. The van der Waals surface area contributed by atoms with Crippen molar-refractivity contribution >= 4 is 18.0 Å². The lowest BCUT2D eigenvalue weighted by Gasteiger charge is -2.21. The molecular weight excluding hydrogens is 558 g/mol. The summed E-state index contributed by atoms with van der Waals surface area (Å²) in [5.74, 6) is 1.96. The van der Waals surface area contributed by atoms with Gasteiger partial charge in [-0.15, -0.1) is 0 Å². The van der Waals surface area contributed by atoms with Crippen LogP contribution in [0.3, 0.4) is 0 Å². The molecule has 0 spiro atoms. The summed E-state index contributed by atoms with van der Waals surface area (Å²) in [6.45, 7) is 4.29. The SMILES string of the molecule is COc1cc(/C=C/C(=O)OCCCCCN(C)C[C@@H](C)COC(=O)c2cc(OC)c(OC)c(OC)c2)cc(OC)c1OC. The number of carbonyl (C=O) groups is 2. The molecule has 2 aromatic rings. The maximum Gasteiger partial charge on any atom is 0.338 e. The van der Waals surface area contributed by atoms with Crippen molar-refractivity contribution in [1.82, 2.24) is 4.90 Å². The average Bonchev–Trinajstić information content (AvgIpc) is 3.02. The molecule has 1 atom stereocenters. The molecule has 0 saturated carbocycles. The highest BCUT2D eigenvalue weighted by atomic mass is 16.5. The molecule has 0 fully saturated rings. The van der Waals surface area contributed by atoms with Crippen molar-refractivity contribution in [2.45, 2.75) is 26.2 Å². The molecule has 0 bridgehead atoms. The second-order valence-electron chi connectivity index (χ2n) is 9.90. The van der Waals surface area contributed by atoms with Crippen molar-refractivity contribution in [1.29, 1.82) is 0 Å². The largest absolute Gasteiger partial charge is 0.493 e. The molecule has 0 amide bonds. The zero-order valence-electron chi connectivity index (χ0n) is 26.5. The molecule has 11 heteroatoms. The van der Waals surface area contributed by atoms with Crippen molar-refractivity contribution in [3.05, 3.63) is 41.5 Å². The number of unbranched alkanes of at least 4 members (excludes halogenated alkanes) is 2. The summed E-state index contributed by atoms with van der Waals surface area (Å²) < 4.78 is 42.8. The highest BCUT2D eigenvalue weighted by Crippen LogP contribution is 2.39.